The number of hydrogen-bond donors (Lipinski definition) is 1. The Morgan fingerprint density at radius 2 is 1.97 bits per heavy atom. The first-order valence-corrected chi connectivity index (χ1v) is 12.3. The average molecular weight is 559 g/mol. The van der Waals surface area contributed by atoms with Gasteiger partial charge >= 0.3 is 5.97 Å². The van der Waals surface area contributed by atoms with Gasteiger partial charge in [-0.1, -0.05) is 23.5 Å². The van der Waals surface area contributed by atoms with Gasteiger partial charge in [-0.15, -0.1) is 0 Å². The number of methoxy groups -OCH3 is 2. The zero-order valence-corrected chi connectivity index (χ0v) is 21.9. The molecule has 182 valence electrons. The molecule has 8 nitrogen and oxygen atoms in total. The van der Waals surface area contributed by atoms with E-state index in [1.54, 1.807) is 56.3 Å². The summed E-state index contributed by atoms with van der Waals surface area (Å²) in [5.74, 6) is 0.516. The summed E-state index contributed by atoms with van der Waals surface area (Å²) in [7, 11) is 3.05. The molecule has 1 aromatic heterocycles. The van der Waals surface area contributed by atoms with Crippen molar-refractivity contribution in [2.45, 2.75) is 19.9 Å². The number of benzene rings is 2. The molecule has 0 radical (unpaired) electrons. The molecule has 10 heteroatoms. The first-order chi connectivity index (χ1) is 16.8. The van der Waals surface area contributed by atoms with E-state index < -0.39 is 12.0 Å². The lowest BCUT2D eigenvalue weighted by atomic mass is 9.95. The highest BCUT2D eigenvalue weighted by molar-refractivity contribution is 9.10. The van der Waals surface area contributed by atoms with Crippen LogP contribution in [0.25, 0.3) is 6.08 Å². The number of ether oxygens (including phenoxy) is 3. The summed E-state index contributed by atoms with van der Waals surface area (Å²) in [4.78, 5) is 31.8. The Hall–Kier alpha value is -3.37. The number of esters is 1. The number of thiazole rings is 1. The lowest BCUT2D eigenvalue weighted by Crippen LogP contribution is -2.40. The summed E-state index contributed by atoms with van der Waals surface area (Å²) in [5.41, 5.74) is 1.61. The SMILES string of the molecule is CCOC(=O)C1=C(C)N=c2s/c(=C\c3cccc(O)c3)c(=O)n2C1c1cc(Br)c(OC)cc1OC. The second kappa shape index (κ2) is 10.1. The summed E-state index contributed by atoms with van der Waals surface area (Å²) < 4.78 is 18.9. The predicted molar refractivity (Wildman–Crippen MR) is 136 cm³/mol. The standard InChI is InChI=1S/C25H23BrN2O6S/c1-5-34-24(31)21-13(2)27-25-28(22(21)16-11-17(26)19(33-4)12-18(16)32-3)23(30)20(35-25)10-14-7-6-8-15(29)9-14/h6-12,22,29H,5H2,1-4H3/b20-10-. The van der Waals surface area contributed by atoms with Gasteiger partial charge in [-0.2, -0.15) is 0 Å². The molecule has 0 amide bonds. The fraction of sp³-hybridized carbons (Fsp3) is 0.240. The maximum absolute atomic E-state index is 13.7. The molecule has 0 spiro atoms. The zero-order valence-electron chi connectivity index (χ0n) is 19.5. The van der Waals surface area contributed by atoms with Crippen LogP contribution in [0, 0.1) is 0 Å². The van der Waals surface area contributed by atoms with Crippen LogP contribution in [0.3, 0.4) is 0 Å². The molecule has 2 heterocycles. The van der Waals surface area contributed by atoms with Crippen LogP contribution in [0.15, 0.2) is 61.9 Å². The number of phenols is 1. The molecule has 1 N–H and O–H groups in total. The lowest BCUT2D eigenvalue weighted by molar-refractivity contribution is -0.139. The Balaban J connectivity index is 2.03. The molecule has 0 fully saturated rings. The van der Waals surface area contributed by atoms with Gasteiger partial charge in [-0.05, 0) is 59.6 Å². The normalized spacial score (nSPS) is 15.5. The van der Waals surface area contributed by atoms with E-state index in [-0.39, 0.29) is 23.5 Å². The molecule has 1 unspecified atom stereocenters. The van der Waals surface area contributed by atoms with E-state index in [1.165, 1.54) is 30.1 Å². The largest absolute Gasteiger partial charge is 0.508 e. The smallest absolute Gasteiger partial charge is 0.338 e. The van der Waals surface area contributed by atoms with E-state index >= 15 is 0 Å². The molecule has 1 aliphatic rings. The zero-order chi connectivity index (χ0) is 25.3. The van der Waals surface area contributed by atoms with E-state index in [0.717, 1.165) is 0 Å². The number of hydrogen-bond acceptors (Lipinski definition) is 8. The molecule has 0 bridgehead atoms. The minimum absolute atomic E-state index is 0.0951. The van der Waals surface area contributed by atoms with E-state index in [4.69, 9.17) is 14.2 Å². The molecule has 3 aromatic rings. The highest BCUT2D eigenvalue weighted by Gasteiger charge is 2.35. The quantitative estimate of drug-likeness (QED) is 0.466. The van der Waals surface area contributed by atoms with Gasteiger partial charge in [0.2, 0.25) is 0 Å². The number of aromatic hydroxyl groups is 1. The molecule has 0 aliphatic carbocycles. The molecular formula is C25H23BrN2O6S. The predicted octanol–water partition coefficient (Wildman–Crippen LogP) is 3.28. The van der Waals surface area contributed by atoms with Gasteiger partial charge < -0.3 is 19.3 Å². The van der Waals surface area contributed by atoms with Crippen LogP contribution in [-0.2, 0) is 9.53 Å². The average Bonchev–Trinajstić information content (AvgIpc) is 3.12. The molecule has 0 saturated heterocycles. The van der Waals surface area contributed by atoms with Crippen LogP contribution in [0.5, 0.6) is 17.2 Å². The topological polar surface area (TPSA) is 99.4 Å². The minimum Gasteiger partial charge on any atom is -0.508 e. The van der Waals surface area contributed by atoms with Crippen LogP contribution >= 0.6 is 27.3 Å². The Bertz CT molecular complexity index is 1520. The van der Waals surface area contributed by atoms with Gasteiger partial charge in [-0.3, -0.25) is 9.36 Å². The van der Waals surface area contributed by atoms with Crippen molar-refractivity contribution in [3.8, 4) is 17.2 Å². The summed E-state index contributed by atoms with van der Waals surface area (Å²) >= 11 is 4.70. The van der Waals surface area contributed by atoms with Crippen LogP contribution in [0.1, 0.15) is 31.0 Å². The molecule has 1 atom stereocenters. The molecule has 1 aliphatic heterocycles. The second-order valence-corrected chi connectivity index (χ2v) is 9.49. The fourth-order valence-electron chi connectivity index (χ4n) is 3.95. The third-order valence-electron chi connectivity index (χ3n) is 5.48. The van der Waals surface area contributed by atoms with Crippen molar-refractivity contribution in [2.75, 3.05) is 20.8 Å². The van der Waals surface area contributed by atoms with E-state index in [0.29, 0.717) is 42.1 Å². The van der Waals surface area contributed by atoms with E-state index in [1.807, 2.05) is 0 Å². The molecule has 2 aromatic carbocycles. The number of phenolic OH excluding ortho intramolecular Hbond substituents is 1. The number of aromatic nitrogens is 1. The number of allylic oxidation sites excluding steroid dienone is 1. The summed E-state index contributed by atoms with van der Waals surface area (Å²) in [5, 5.41) is 9.82. The lowest BCUT2D eigenvalue weighted by Gasteiger charge is -2.26. The van der Waals surface area contributed by atoms with Crippen LogP contribution in [-0.4, -0.2) is 36.5 Å². The van der Waals surface area contributed by atoms with Crippen molar-refractivity contribution in [2.24, 2.45) is 4.99 Å². The monoisotopic (exact) mass is 558 g/mol. The molecule has 35 heavy (non-hydrogen) atoms. The van der Waals surface area contributed by atoms with Gasteiger partial charge in [0.25, 0.3) is 5.56 Å². The van der Waals surface area contributed by atoms with Crippen molar-refractivity contribution >= 4 is 39.3 Å². The van der Waals surface area contributed by atoms with Gasteiger partial charge in [0.1, 0.15) is 23.3 Å². The Labute approximate surface area is 213 Å². The maximum Gasteiger partial charge on any atom is 0.338 e. The third kappa shape index (κ3) is 4.63. The van der Waals surface area contributed by atoms with Crippen molar-refractivity contribution in [3.05, 3.63) is 83.0 Å². The van der Waals surface area contributed by atoms with Gasteiger partial charge in [0.15, 0.2) is 4.80 Å². The fourth-order valence-corrected chi connectivity index (χ4v) is 5.52. The van der Waals surface area contributed by atoms with E-state index in [9.17, 15) is 14.7 Å². The molecule has 4 rings (SSSR count). The molecule has 0 saturated carbocycles. The Morgan fingerprint density at radius 3 is 2.63 bits per heavy atom. The summed E-state index contributed by atoms with van der Waals surface area (Å²) in [6.07, 6.45) is 1.69. The number of nitrogens with zero attached hydrogens (tertiary/aromatic N) is 2. The number of rotatable bonds is 6. The van der Waals surface area contributed by atoms with Gasteiger partial charge in [0.05, 0.1) is 41.1 Å². The van der Waals surface area contributed by atoms with Crippen molar-refractivity contribution in [1.82, 2.24) is 4.57 Å². The van der Waals surface area contributed by atoms with Crippen molar-refractivity contribution in [1.29, 1.82) is 0 Å². The second-order valence-electron chi connectivity index (χ2n) is 7.63. The first-order valence-electron chi connectivity index (χ1n) is 10.7. The number of fused-ring (bicyclic) bond motifs is 1. The van der Waals surface area contributed by atoms with Crippen molar-refractivity contribution in [3.63, 3.8) is 0 Å². The Kier molecular flexibility index (Phi) is 7.13. The number of carbonyl (C=O) groups is 1. The van der Waals surface area contributed by atoms with E-state index in [2.05, 4.69) is 20.9 Å². The number of carbonyl (C=O) groups excluding carboxylic acids is 1. The number of halogens is 1. The van der Waals surface area contributed by atoms with Gasteiger partial charge in [0, 0.05) is 11.6 Å². The van der Waals surface area contributed by atoms with Crippen LogP contribution in [0.2, 0.25) is 0 Å². The first kappa shape index (κ1) is 24.7. The Morgan fingerprint density at radius 1 is 1.23 bits per heavy atom. The third-order valence-corrected chi connectivity index (χ3v) is 7.09. The van der Waals surface area contributed by atoms with Crippen LogP contribution < -0.4 is 24.4 Å². The highest BCUT2D eigenvalue weighted by Crippen LogP contribution is 2.41. The van der Waals surface area contributed by atoms with Crippen LogP contribution in [0.4, 0.5) is 0 Å². The summed E-state index contributed by atoms with van der Waals surface area (Å²) in [6.45, 7) is 3.61. The summed E-state index contributed by atoms with van der Waals surface area (Å²) in [6, 6.07) is 9.23. The van der Waals surface area contributed by atoms with Crippen molar-refractivity contribution < 1.29 is 24.1 Å². The highest BCUT2D eigenvalue weighted by atomic mass is 79.9. The minimum atomic E-state index is -0.839. The van der Waals surface area contributed by atoms with Gasteiger partial charge in [-0.25, -0.2) is 9.79 Å². The maximum atomic E-state index is 13.7. The molecular weight excluding hydrogens is 536 g/mol.